The molecule has 1 rings (SSSR count). The summed E-state index contributed by atoms with van der Waals surface area (Å²) in [6.07, 6.45) is 1.98. The van der Waals surface area contributed by atoms with Crippen LogP contribution >= 0.6 is 11.3 Å². The van der Waals surface area contributed by atoms with E-state index in [0.29, 0.717) is 17.8 Å². The van der Waals surface area contributed by atoms with Gasteiger partial charge in [0.15, 0.2) is 11.4 Å². The molecule has 0 amide bonds. The van der Waals surface area contributed by atoms with Gasteiger partial charge in [-0.2, -0.15) is 0 Å². The Kier molecular flexibility index (Phi) is 6.66. The number of anilines is 1. The average molecular weight is 296 g/mol. The van der Waals surface area contributed by atoms with E-state index in [9.17, 15) is 4.79 Å². The van der Waals surface area contributed by atoms with Crippen LogP contribution < -0.4 is 4.90 Å². The van der Waals surface area contributed by atoms with Crippen LogP contribution in [-0.2, 0) is 0 Å². The van der Waals surface area contributed by atoms with Crippen molar-refractivity contribution < 1.29 is 4.79 Å². The number of hydrogen-bond acceptors (Lipinski definition) is 4. The third-order valence-electron chi connectivity index (χ3n) is 3.30. The predicted molar refractivity (Wildman–Crippen MR) is 88.1 cm³/mol. The van der Waals surface area contributed by atoms with Crippen molar-refractivity contribution in [1.29, 1.82) is 0 Å². The molecule has 1 aromatic rings. The van der Waals surface area contributed by atoms with Crippen molar-refractivity contribution in [3.05, 3.63) is 10.6 Å². The van der Waals surface area contributed by atoms with Gasteiger partial charge >= 0.3 is 0 Å². The van der Waals surface area contributed by atoms with Gasteiger partial charge in [0.1, 0.15) is 0 Å². The molecule has 0 aliphatic carbocycles. The van der Waals surface area contributed by atoms with Gasteiger partial charge in [-0.15, -0.1) is 0 Å². The standard InChI is InChI=1S/C16H28N2OS/c1-7-13(6)15-14(10-19)20-16(17-15)18(8-11(2)3)9-12(4)5/h10-13H,7-9H2,1-6H3. The molecule has 114 valence electrons. The van der Waals surface area contributed by atoms with Gasteiger partial charge in [-0.25, -0.2) is 4.98 Å². The summed E-state index contributed by atoms with van der Waals surface area (Å²) >= 11 is 1.54. The molecule has 0 spiro atoms. The van der Waals surface area contributed by atoms with Crippen molar-refractivity contribution in [3.63, 3.8) is 0 Å². The number of nitrogens with zero attached hydrogens (tertiary/aromatic N) is 2. The normalized spacial score (nSPS) is 13.0. The van der Waals surface area contributed by atoms with Gasteiger partial charge in [-0.1, -0.05) is 52.9 Å². The molecule has 1 atom stereocenters. The van der Waals surface area contributed by atoms with Crippen molar-refractivity contribution in [2.24, 2.45) is 11.8 Å². The maximum Gasteiger partial charge on any atom is 0.186 e. The summed E-state index contributed by atoms with van der Waals surface area (Å²) in [5.41, 5.74) is 0.972. The van der Waals surface area contributed by atoms with Crippen LogP contribution in [0.2, 0.25) is 0 Å². The molecule has 0 radical (unpaired) electrons. The lowest BCUT2D eigenvalue weighted by atomic mass is 10.0. The molecule has 0 aliphatic rings. The maximum atomic E-state index is 11.3. The van der Waals surface area contributed by atoms with Crippen LogP contribution in [0.15, 0.2) is 0 Å². The molecule has 0 N–H and O–H groups in total. The molecule has 3 nitrogen and oxygen atoms in total. The van der Waals surface area contributed by atoms with Crippen molar-refractivity contribution in [3.8, 4) is 0 Å². The summed E-state index contributed by atoms with van der Waals surface area (Å²) in [6.45, 7) is 15.1. The Hall–Kier alpha value is -0.900. The van der Waals surface area contributed by atoms with Crippen molar-refractivity contribution >= 4 is 22.8 Å². The topological polar surface area (TPSA) is 33.2 Å². The van der Waals surface area contributed by atoms with Crippen molar-refractivity contribution in [1.82, 2.24) is 4.98 Å². The first-order valence-electron chi connectivity index (χ1n) is 7.59. The summed E-state index contributed by atoms with van der Waals surface area (Å²) in [6, 6.07) is 0. The van der Waals surface area contributed by atoms with E-state index in [1.807, 2.05) is 0 Å². The number of carbonyl (C=O) groups excluding carboxylic acids is 1. The van der Waals surface area contributed by atoms with Crippen LogP contribution in [0, 0.1) is 11.8 Å². The molecule has 1 unspecified atom stereocenters. The van der Waals surface area contributed by atoms with Crippen molar-refractivity contribution in [2.75, 3.05) is 18.0 Å². The Morgan fingerprint density at radius 3 is 2.10 bits per heavy atom. The number of carbonyl (C=O) groups is 1. The molecule has 1 aromatic heterocycles. The Labute approximate surface area is 127 Å². The lowest BCUT2D eigenvalue weighted by Crippen LogP contribution is -2.31. The lowest BCUT2D eigenvalue weighted by Gasteiger charge is -2.25. The smallest absolute Gasteiger partial charge is 0.186 e. The Morgan fingerprint density at radius 1 is 1.15 bits per heavy atom. The second-order valence-electron chi connectivity index (χ2n) is 6.37. The van der Waals surface area contributed by atoms with Crippen LogP contribution in [-0.4, -0.2) is 24.4 Å². The SMILES string of the molecule is CCC(C)c1nc(N(CC(C)C)CC(C)C)sc1C=O. The van der Waals surface area contributed by atoms with Gasteiger partial charge in [0.05, 0.1) is 10.6 Å². The minimum absolute atomic E-state index is 0.347. The molecule has 1 heterocycles. The predicted octanol–water partition coefficient (Wildman–Crippen LogP) is 4.59. The zero-order valence-corrected chi connectivity index (χ0v) is 14.5. The van der Waals surface area contributed by atoms with Crippen LogP contribution in [0.4, 0.5) is 5.13 Å². The van der Waals surface area contributed by atoms with Gasteiger partial charge in [-0.3, -0.25) is 4.79 Å². The second kappa shape index (κ2) is 7.77. The molecule has 0 saturated heterocycles. The summed E-state index contributed by atoms with van der Waals surface area (Å²) < 4.78 is 0. The van der Waals surface area contributed by atoms with E-state index in [1.165, 1.54) is 0 Å². The first kappa shape index (κ1) is 17.2. The highest BCUT2D eigenvalue weighted by molar-refractivity contribution is 7.17. The molecule has 4 heteroatoms. The number of aldehydes is 1. The van der Waals surface area contributed by atoms with E-state index in [0.717, 1.165) is 41.5 Å². The zero-order chi connectivity index (χ0) is 15.3. The first-order chi connectivity index (χ1) is 9.38. The van der Waals surface area contributed by atoms with Gasteiger partial charge < -0.3 is 4.90 Å². The number of thiazole rings is 1. The molecule has 0 aromatic carbocycles. The van der Waals surface area contributed by atoms with E-state index in [2.05, 4.69) is 46.4 Å². The largest absolute Gasteiger partial charge is 0.348 e. The Morgan fingerprint density at radius 2 is 1.70 bits per heavy atom. The summed E-state index contributed by atoms with van der Waals surface area (Å²) in [5, 5.41) is 1.00. The number of rotatable bonds is 8. The van der Waals surface area contributed by atoms with E-state index in [-0.39, 0.29) is 0 Å². The molecule has 0 saturated carbocycles. The number of hydrogen-bond donors (Lipinski definition) is 0. The van der Waals surface area contributed by atoms with Crippen molar-refractivity contribution in [2.45, 2.75) is 53.9 Å². The van der Waals surface area contributed by atoms with Crippen LogP contribution in [0.3, 0.4) is 0 Å². The number of aromatic nitrogens is 1. The van der Waals surface area contributed by atoms with E-state index in [4.69, 9.17) is 4.98 Å². The molecule has 0 aliphatic heterocycles. The van der Waals surface area contributed by atoms with Crippen LogP contribution in [0.1, 0.15) is 69.2 Å². The van der Waals surface area contributed by atoms with Crippen LogP contribution in [0.5, 0.6) is 0 Å². The van der Waals surface area contributed by atoms with E-state index in [1.54, 1.807) is 11.3 Å². The highest BCUT2D eigenvalue weighted by Gasteiger charge is 2.20. The molecular weight excluding hydrogens is 268 g/mol. The minimum Gasteiger partial charge on any atom is -0.348 e. The van der Waals surface area contributed by atoms with Gasteiger partial charge in [-0.05, 0) is 24.2 Å². The van der Waals surface area contributed by atoms with Gasteiger partial charge in [0.25, 0.3) is 0 Å². The molecule has 20 heavy (non-hydrogen) atoms. The lowest BCUT2D eigenvalue weighted by molar-refractivity contribution is 0.112. The maximum absolute atomic E-state index is 11.3. The Bertz CT molecular complexity index is 416. The molecule has 0 fully saturated rings. The summed E-state index contributed by atoms with van der Waals surface area (Å²) in [7, 11) is 0. The monoisotopic (exact) mass is 296 g/mol. The average Bonchev–Trinajstić information content (AvgIpc) is 2.80. The zero-order valence-electron chi connectivity index (χ0n) is 13.6. The van der Waals surface area contributed by atoms with E-state index >= 15 is 0 Å². The third-order valence-corrected chi connectivity index (χ3v) is 4.35. The van der Waals surface area contributed by atoms with Gasteiger partial charge in [0, 0.05) is 13.1 Å². The fraction of sp³-hybridized carbons (Fsp3) is 0.750. The third kappa shape index (κ3) is 4.58. The van der Waals surface area contributed by atoms with Gasteiger partial charge in [0.2, 0.25) is 0 Å². The Balaban J connectivity index is 3.06. The molecular formula is C16H28N2OS. The fourth-order valence-corrected chi connectivity index (χ4v) is 3.23. The van der Waals surface area contributed by atoms with E-state index < -0.39 is 0 Å². The quantitative estimate of drug-likeness (QED) is 0.658. The minimum atomic E-state index is 0.347. The first-order valence-corrected chi connectivity index (χ1v) is 8.41. The summed E-state index contributed by atoms with van der Waals surface area (Å²) in [4.78, 5) is 19.2. The highest BCUT2D eigenvalue weighted by Crippen LogP contribution is 2.31. The summed E-state index contributed by atoms with van der Waals surface area (Å²) in [5.74, 6) is 1.52. The molecule has 0 bridgehead atoms. The highest BCUT2D eigenvalue weighted by atomic mass is 32.1. The second-order valence-corrected chi connectivity index (χ2v) is 7.37. The fourth-order valence-electron chi connectivity index (χ4n) is 2.21. The van der Waals surface area contributed by atoms with Crippen LogP contribution in [0.25, 0.3) is 0 Å².